The molecule has 0 spiro atoms. The van der Waals surface area contributed by atoms with Gasteiger partial charge in [0.2, 0.25) is 0 Å². The Labute approximate surface area is 78.7 Å². The van der Waals surface area contributed by atoms with E-state index in [1.54, 1.807) is 0 Å². The summed E-state index contributed by atoms with van der Waals surface area (Å²) in [5.41, 5.74) is -0.345. The zero-order valence-corrected chi connectivity index (χ0v) is 8.17. The Kier molecular flexibility index (Phi) is 2.92. The van der Waals surface area contributed by atoms with Crippen LogP contribution in [0.1, 0.15) is 32.6 Å². The van der Waals surface area contributed by atoms with Gasteiger partial charge in [0, 0.05) is 5.92 Å². The molecule has 13 heavy (non-hydrogen) atoms. The number of nitrogens with zero attached hydrogens (tertiary/aromatic N) is 1. The van der Waals surface area contributed by atoms with Crippen LogP contribution in [0.2, 0.25) is 0 Å². The second-order valence-corrected chi connectivity index (χ2v) is 3.96. The lowest BCUT2D eigenvalue weighted by molar-refractivity contribution is -0.153. The summed E-state index contributed by atoms with van der Waals surface area (Å²) in [4.78, 5) is 11.4. The van der Waals surface area contributed by atoms with Crippen LogP contribution in [0.15, 0.2) is 0 Å². The highest BCUT2D eigenvalue weighted by Crippen LogP contribution is 2.39. The minimum atomic E-state index is -0.345. The molecule has 0 radical (unpaired) electrons. The van der Waals surface area contributed by atoms with E-state index in [0.717, 1.165) is 25.7 Å². The van der Waals surface area contributed by atoms with Gasteiger partial charge in [-0.1, -0.05) is 0 Å². The Morgan fingerprint density at radius 3 is 2.46 bits per heavy atom. The van der Waals surface area contributed by atoms with Crippen LogP contribution in [0, 0.1) is 22.7 Å². The van der Waals surface area contributed by atoms with Gasteiger partial charge >= 0.3 is 5.97 Å². The molecule has 0 saturated heterocycles. The number of methoxy groups -OCH3 is 1. The summed E-state index contributed by atoms with van der Waals surface area (Å²) in [5, 5.41) is 8.69. The quantitative estimate of drug-likeness (QED) is 0.580. The molecule has 1 aliphatic carbocycles. The molecule has 1 saturated carbocycles. The van der Waals surface area contributed by atoms with Gasteiger partial charge in [-0.2, -0.15) is 5.26 Å². The van der Waals surface area contributed by atoms with Crippen molar-refractivity contribution in [2.24, 2.45) is 11.3 Å². The summed E-state index contributed by atoms with van der Waals surface area (Å²) in [6.07, 6.45) is 3.19. The van der Waals surface area contributed by atoms with E-state index in [9.17, 15) is 4.79 Å². The van der Waals surface area contributed by atoms with E-state index in [0.29, 0.717) is 0 Å². The number of ether oxygens (including phenoxy) is 1. The zero-order chi connectivity index (χ0) is 9.90. The van der Waals surface area contributed by atoms with Gasteiger partial charge < -0.3 is 4.74 Å². The van der Waals surface area contributed by atoms with Crippen molar-refractivity contribution in [1.82, 2.24) is 0 Å². The van der Waals surface area contributed by atoms with Gasteiger partial charge in [-0.15, -0.1) is 0 Å². The molecule has 72 valence electrons. The Bertz CT molecular complexity index is 234. The summed E-state index contributed by atoms with van der Waals surface area (Å²) < 4.78 is 4.74. The van der Waals surface area contributed by atoms with Crippen LogP contribution in [0.4, 0.5) is 0 Å². The summed E-state index contributed by atoms with van der Waals surface area (Å²) in [6, 6.07) is 2.25. The molecule has 0 aromatic heterocycles. The maximum atomic E-state index is 11.4. The van der Waals surface area contributed by atoms with Gasteiger partial charge in [-0.05, 0) is 32.6 Å². The van der Waals surface area contributed by atoms with Crippen molar-refractivity contribution in [3.05, 3.63) is 0 Å². The van der Waals surface area contributed by atoms with E-state index >= 15 is 0 Å². The van der Waals surface area contributed by atoms with Crippen molar-refractivity contribution in [3.8, 4) is 6.07 Å². The maximum Gasteiger partial charge on any atom is 0.311 e. The normalized spacial score (nSPS) is 33.5. The molecule has 3 heteroatoms. The summed E-state index contributed by atoms with van der Waals surface area (Å²) in [6.45, 7) is 1.92. The van der Waals surface area contributed by atoms with Crippen molar-refractivity contribution in [2.45, 2.75) is 32.6 Å². The van der Waals surface area contributed by atoms with Crippen LogP contribution in [-0.2, 0) is 9.53 Å². The summed E-state index contributed by atoms with van der Waals surface area (Å²) in [5.74, 6) is 0.00150. The van der Waals surface area contributed by atoms with E-state index < -0.39 is 0 Å². The van der Waals surface area contributed by atoms with E-state index in [1.807, 2.05) is 6.92 Å². The molecule has 0 N–H and O–H groups in total. The molecule has 0 atom stereocenters. The second-order valence-electron chi connectivity index (χ2n) is 3.96. The number of hydrogen-bond donors (Lipinski definition) is 0. The molecule has 1 fully saturated rings. The van der Waals surface area contributed by atoms with E-state index in [2.05, 4.69) is 6.07 Å². The number of rotatable bonds is 1. The Morgan fingerprint density at radius 1 is 1.54 bits per heavy atom. The first kappa shape index (κ1) is 10.0. The standard InChI is InChI=1S/C10H15NO2/c1-10(9(12)13-2)5-3-8(7-11)4-6-10/h8H,3-6H2,1-2H3. The molecule has 1 rings (SSSR count). The minimum absolute atomic E-state index is 0.135. The average molecular weight is 181 g/mol. The molecular weight excluding hydrogens is 166 g/mol. The fourth-order valence-corrected chi connectivity index (χ4v) is 1.83. The van der Waals surface area contributed by atoms with Crippen LogP contribution in [0.25, 0.3) is 0 Å². The maximum absolute atomic E-state index is 11.4. The number of nitriles is 1. The highest BCUT2D eigenvalue weighted by atomic mass is 16.5. The molecule has 0 aromatic carbocycles. The lowest BCUT2D eigenvalue weighted by atomic mass is 9.72. The number of esters is 1. The van der Waals surface area contributed by atoms with Crippen LogP contribution in [0.3, 0.4) is 0 Å². The minimum Gasteiger partial charge on any atom is -0.469 e. The molecule has 0 bridgehead atoms. The fourth-order valence-electron chi connectivity index (χ4n) is 1.83. The molecular formula is C10H15NO2. The highest BCUT2D eigenvalue weighted by molar-refractivity contribution is 5.76. The third-order valence-electron chi connectivity index (χ3n) is 2.95. The van der Waals surface area contributed by atoms with Gasteiger partial charge in [-0.25, -0.2) is 0 Å². The van der Waals surface area contributed by atoms with Gasteiger partial charge in [0.25, 0.3) is 0 Å². The van der Waals surface area contributed by atoms with Crippen molar-refractivity contribution in [1.29, 1.82) is 5.26 Å². The predicted molar refractivity (Wildman–Crippen MR) is 47.7 cm³/mol. The van der Waals surface area contributed by atoms with Crippen LogP contribution < -0.4 is 0 Å². The van der Waals surface area contributed by atoms with Gasteiger partial charge in [0.15, 0.2) is 0 Å². The largest absolute Gasteiger partial charge is 0.469 e. The Balaban J connectivity index is 2.57. The molecule has 0 amide bonds. The lowest BCUT2D eigenvalue weighted by Crippen LogP contribution is -2.33. The van der Waals surface area contributed by atoms with Gasteiger partial charge in [0.05, 0.1) is 18.6 Å². The predicted octanol–water partition coefficient (Wildman–Crippen LogP) is 1.88. The number of carbonyl (C=O) groups excluding carboxylic acids is 1. The smallest absolute Gasteiger partial charge is 0.311 e. The average Bonchev–Trinajstić information content (AvgIpc) is 2.18. The fraction of sp³-hybridized carbons (Fsp3) is 0.800. The van der Waals surface area contributed by atoms with Crippen molar-refractivity contribution >= 4 is 5.97 Å². The third kappa shape index (κ3) is 2.00. The van der Waals surface area contributed by atoms with E-state index in [-0.39, 0.29) is 17.3 Å². The number of hydrogen-bond acceptors (Lipinski definition) is 3. The lowest BCUT2D eigenvalue weighted by Gasteiger charge is -2.32. The van der Waals surface area contributed by atoms with E-state index in [1.165, 1.54) is 7.11 Å². The Morgan fingerprint density at radius 2 is 2.08 bits per heavy atom. The number of carbonyl (C=O) groups is 1. The molecule has 0 unspecified atom stereocenters. The van der Waals surface area contributed by atoms with Crippen molar-refractivity contribution in [3.63, 3.8) is 0 Å². The summed E-state index contributed by atoms with van der Waals surface area (Å²) in [7, 11) is 1.42. The third-order valence-corrected chi connectivity index (χ3v) is 2.95. The van der Waals surface area contributed by atoms with Crippen LogP contribution in [0.5, 0.6) is 0 Å². The topological polar surface area (TPSA) is 50.1 Å². The van der Waals surface area contributed by atoms with Crippen molar-refractivity contribution < 1.29 is 9.53 Å². The van der Waals surface area contributed by atoms with E-state index in [4.69, 9.17) is 10.00 Å². The molecule has 1 aliphatic rings. The molecule has 3 nitrogen and oxygen atoms in total. The van der Waals surface area contributed by atoms with Crippen LogP contribution >= 0.6 is 0 Å². The van der Waals surface area contributed by atoms with Crippen LogP contribution in [-0.4, -0.2) is 13.1 Å². The first-order valence-corrected chi connectivity index (χ1v) is 4.60. The molecule has 0 aliphatic heterocycles. The van der Waals surface area contributed by atoms with Crippen molar-refractivity contribution in [2.75, 3.05) is 7.11 Å². The highest BCUT2D eigenvalue weighted by Gasteiger charge is 2.38. The monoisotopic (exact) mass is 181 g/mol. The first-order valence-electron chi connectivity index (χ1n) is 4.60. The molecule has 0 heterocycles. The first-order chi connectivity index (χ1) is 6.12. The zero-order valence-electron chi connectivity index (χ0n) is 8.17. The molecule has 0 aromatic rings. The summed E-state index contributed by atoms with van der Waals surface area (Å²) >= 11 is 0. The van der Waals surface area contributed by atoms with Gasteiger partial charge in [-0.3, -0.25) is 4.79 Å². The Hall–Kier alpha value is -1.04. The SMILES string of the molecule is COC(=O)C1(C)CCC(C#N)CC1. The second kappa shape index (κ2) is 3.78. The van der Waals surface area contributed by atoms with Gasteiger partial charge in [0.1, 0.15) is 0 Å².